The number of anilines is 1. The van der Waals surface area contributed by atoms with Crippen LogP contribution in [0, 0.1) is 6.92 Å². The largest absolute Gasteiger partial charge is 0.333 e. The molecule has 1 aliphatic heterocycles. The summed E-state index contributed by atoms with van der Waals surface area (Å²) in [7, 11) is 0. The van der Waals surface area contributed by atoms with E-state index in [2.05, 4.69) is 10.4 Å². The standard InChI is InChI=1S/C20H20N4O2/c1-14-12-19(22-24(14)13-15-6-3-2-4-7-15)21-20(26)17-9-10-18(25)16-8-5-11-23(16)17/h2-8,11-12,17H,9-10,13H2,1H3,(H,21,22,26). The fourth-order valence-corrected chi connectivity index (χ4v) is 3.39. The molecule has 1 unspecified atom stereocenters. The first-order valence-corrected chi connectivity index (χ1v) is 8.71. The molecule has 4 rings (SSSR count). The van der Waals surface area contributed by atoms with Crippen molar-refractivity contribution in [2.75, 3.05) is 5.32 Å². The average Bonchev–Trinajstić information content (AvgIpc) is 3.24. The van der Waals surface area contributed by atoms with Crippen molar-refractivity contribution in [2.24, 2.45) is 0 Å². The van der Waals surface area contributed by atoms with E-state index in [9.17, 15) is 9.59 Å². The van der Waals surface area contributed by atoms with Crippen LogP contribution >= 0.6 is 0 Å². The summed E-state index contributed by atoms with van der Waals surface area (Å²) < 4.78 is 3.63. The fraction of sp³-hybridized carbons (Fsp3) is 0.250. The number of rotatable bonds is 4. The van der Waals surface area contributed by atoms with Crippen molar-refractivity contribution < 1.29 is 9.59 Å². The maximum atomic E-state index is 12.7. The molecular formula is C20H20N4O2. The first-order chi connectivity index (χ1) is 12.6. The van der Waals surface area contributed by atoms with Crippen molar-refractivity contribution >= 4 is 17.5 Å². The third-order valence-electron chi connectivity index (χ3n) is 4.76. The average molecular weight is 348 g/mol. The summed E-state index contributed by atoms with van der Waals surface area (Å²) >= 11 is 0. The number of hydrogen-bond donors (Lipinski definition) is 1. The van der Waals surface area contributed by atoms with E-state index in [0.29, 0.717) is 30.9 Å². The predicted molar refractivity (Wildman–Crippen MR) is 98.2 cm³/mol. The topological polar surface area (TPSA) is 68.9 Å². The van der Waals surface area contributed by atoms with Gasteiger partial charge in [-0.2, -0.15) is 5.10 Å². The van der Waals surface area contributed by atoms with E-state index in [0.717, 1.165) is 11.3 Å². The van der Waals surface area contributed by atoms with Crippen LogP contribution in [-0.4, -0.2) is 26.0 Å². The second kappa shape index (κ2) is 6.63. The molecule has 1 atom stereocenters. The molecular weight excluding hydrogens is 328 g/mol. The number of nitrogens with one attached hydrogen (secondary N) is 1. The molecule has 26 heavy (non-hydrogen) atoms. The summed E-state index contributed by atoms with van der Waals surface area (Å²) in [5, 5.41) is 7.41. The smallest absolute Gasteiger partial charge is 0.248 e. The number of Topliss-reactive ketones (excluding diaryl/α,β-unsaturated/α-hetero) is 1. The van der Waals surface area contributed by atoms with Crippen molar-refractivity contribution in [3.63, 3.8) is 0 Å². The van der Waals surface area contributed by atoms with Gasteiger partial charge in [0.25, 0.3) is 0 Å². The zero-order valence-electron chi connectivity index (χ0n) is 14.6. The maximum absolute atomic E-state index is 12.7. The first-order valence-electron chi connectivity index (χ1n) is 8.71. The molecule has 1 aliphatic rings. The highest BCUT2D eigenvalue weighted by Crippen LogP contribution is 2.26. The highest BCUT2D eigenvalue weighted by atomic mass is 16.2. The molecule has 0 bridgehead atoms. The molecule has 0 saturated carbocycles. The van der Waals surface area contributed by atoms with E-state index in [1.807, 2.05) is 48.0 Å². The molecule has 132 valence electrons. The predicted octanol–water partition coefficient (Wildman–Crippen LogP) is 3.20. The van der Waals surface area contributed by atoms with Gasteiger partial charge in [-0.15, -0.1) is 0 Å². The highest BCUT2D eigenvalue weighted by Gasteiger charge is 2.29. The van der Waals surface area contributed by atoms with Crippen LogP contribution in [0.2, 0.25) is 0 Å². The number of ketones is 1. The zero-order valence-corrected chi connectivity index (χ0v) is 14.6. The van der Waals surface area contributed by atoms with Crippen LogP contribution in [0.15, 0.2) is 54.7 Å². The van der Waals surface area contributed by atoms with Crippen LogP contribution in [-0.2, 0) is 11.3 Å². The number of amides is 1. The summed E-state index contributed by atoms with van der Waals surface area (Å²) in [5.74, 6) is 0.482. The molecule has 2 aromatic heterocycles. The Kier molecular flexibility index (Phi) is 4.16. The third-order valence-corrected chi connectivity index (χ3v) is 4.76. The lowest BCUT2D eigenvalue weighted by Crippen LogP contribution is -2.31. The minimum atomic E-state index is -0.378. The van der Waals surface area contributed by atoms with Gasteiger partial charge >= 0.3 is 0 Å². The van der Waals surface area contributed by atoms with Gasteiger partial charge in [-0.05, 0) is 31.0 Å². The summed E-state index contributed by atoms with van der Waals surface area (Å²) in [6.07, 6.45) is 2.69. The number of aromatic nitrogens is 3. The molecule has 0 aliphatic carbocycles. The van der Waals surface area contributed by atoms with E-state index in [-0.39, 0.29) is 17.7 Å². The SMILES string of the molecule is Cc1cc(NC(=O)C2CCC(=O)c3cccn32)nn1Cc1ccccc1. The Morgan fingerprint density at radius 1 is 1.23 bits per heavy atom. The molecule has 0 fully saturated rings. The fourth-order valence-electron chi connectivity index (χ4n) is 3.39. The Morgan fingerprint density at radius 2 is 2.04 bits per heavy atom. The Labute approximate surface area is 151 Å². The Balaban J connectivity index is 1.50. The normalized spacial score (nSPS) is 16.3. The van der Waals surface area contributed by atoms with Gasteiger partial charge in [-0.3, -0.25) is 14.3 Å². The molecule has 0 radical (unpaired) electrons. The molecule has 3 aromatic rings. The Morgan fingerprint density at radius 3 is 2.85 bits per heavy atom. The molecule has 1 amide bonds. The van der Waals surface area contributed by atoms with Gasteiger partial charge in [0.2, 0.25) is 5.91 Å². The van der Waals surface area contributed by atoms with Crippen LogP contribution in [0.25, 0.3) is 0 Å². The molecule has 6 heteroatoms. The first kappa shape index (κ1) is 16.3. The Bertz CT molecular complexity index is 955. The summed E-state index contributed by atoms with van der Waals surface area (Å²) in [5.41, 5.74) is 2.73. The van der Waals surface area contributed by atoms with Gasteiger partial charge in [0, 0.05) is 24.4 Å². The quantitative estimate of drug-likeness (QED) is 0.787. The monoisotopic (exact) mass is 348 g/mol. The minimum absolute atomic E-state index is 0.0852. The van der Waals surface area contributed by atoms with Gasteiger partial charge < -0.3 is 9.88 Å². The van der Waals surface area contributed by atoms with Gasteiger partial charge in [0.1, 0.15) is 6.04 Å². The maximum Gasteiger partial charge on any atom is 0.248 e. The number of aryl methyl sites for hydroxylation is 1. The summed E-state index contributed by atoms with van der Waals surface area (Å²) in [6.45, 7) is 2.62. The van der Waals surface area contributed by atoms with E-state index < -0.39 is 0 Å². The molecule has 6 nitrogen and oxygen atoms in total. The van der Waals surface area contributed by atoms with Crippen LogP contribution < -0.4 is 5.32 Å². The van der Waals surface area contributed by atoms with Crippen LogP contribution in [0.3, 0.4) is 0 Å². The molecule has 1 N–H and O–H groups in total. The number of nitrogens with zero attached hydrogens (tertiary/aromatic N) is 3. The van der Waals surface area contributed by atoms with Gasteiger partial charge in [0.05, 0.1) is 12.2 Å². The molecule has 0 spiro atoms. The van der Waals surface area contributed by atoms with Gasteiger partial charge in [-0.1, -0.05) is 30.3 Å². The van der Waals surface area contributed by atoms with Gasteiger partial charge in [-0.25, -0.2) is 0 Å². The number of fused-ring (bicyclic) bond motifs is 1. The molecule has 3 heterocycles. The third kappa shape index (κ3) is 3.06. The van der Waals surface area contributed by atoms with Gasteiger partial charge in [0.15, 0.2) is 11.6 Å². The number of benzene rings is 1. The lowest BCUT2D eigenvalue weighted by molar-refractivity contribution is -0.119. The molecule has 0 saturated heterocycles. The Hall–Kier alpha value is -3.15. The number of hydrogen-bond acceptors (Lipinski definition) is 3. The van der Waals surface area contributed by atoms with E-state index in [1.54, 1.807) is 22.9 Å². The van der Waals surface area contributed by atoms with E-state index in [1.165, 1.54) is 0 Å². The van der Waals surface area contributed by atoms with E-state index >= 15 is 0 Å². The van der Waals surface area contributed by atoms with E-state index in [4.69, 9.17) is 0 Å². The van der Waals surface area contributed by atoms with Crippen LogP contribution in [0.1, 0.15) is 40.6 Å². The lowest BCUT2D eigenvalue weighted by Gasteiger charge is -2.24. The van der Waals surface area contributed by atoms with Crippen molar-refractivity contribution in [3.8, 4) is 0 Å². The van der Waals surface area contributed by atoms with Crippen molar-refractivity contribution in [1.82, 2.24) is 14.3 Å². The number of carbonyl (C=O) groups is 2. The van der Waals surface area contributed by atoms with Crippen LogP contribution in [0.5, 0.6) is 0 Å². The summed E-state index contributed by atoms with van der Waals surface area (Å²) in [6, 6.07) is 15.1. The van der Waals surface area contributed by atoms with Crippen molar-refractivity contribution in [3.05, 3.63) is 71.7 Å². The summed E-state index contributed by atoms with van der Waals surface area (Å²) in [4.78, 5) is 24.6. The van der Waals surface area contributed by atoms with Crippen molar-refractivity contribution in [1.29, 1.82) is 0 Å². The second-order valence-electron chi connectivity index (χ2n) is 6.58. The van der Waals surface area contributed by atoms with Crippen molar-refractivity contribution in [2.45, 2.75) is 32.4 Å². The lowest BCUT2D eigenvalue weighted by atomic mass is 10.0. The highest BCUT2D eigenvalue weighted by molar-refractivity contribution is 5.99. The minimum Gasteiger partial charge on any atom is -0.333 e. The second-order valence-corrected chi connectivity index (χ2v) is 6.58. The number of carbonyl (C=O) groups excluding carboxylic acids is 2. The zero-order chi connectivity index (χ0) is 18.1. The molecule has 1 aromatic carbocycles. The van der Waals surface area contributed by atoms with Crippen LogP contribution in [0.4, 0.5) is 5.82 Å².